The summed E-state index contributed by atoms with van der Waals surface area (Å²) in [4.78, 5) is 29.6. The minimum absolute atomic E-state index is 0.159. The SMILES string of the molecule is Cc1noc(CCCC(=O)N2Cc3ccccc3CC2C(=O)O)n1. The lowest BCUT2D eigenvalue weighted by Crippen LogP contribution is -2.48. The molecule has 0 saturated heterocycles. The van der Waals surface area contributed by atoms with Crippen LogP contribution in [-0.4, -0.2) is 38.1 Å². The molecule has 7 nitrogen and oxygen atoms in total. The predicted octanol–water partition coefficient (Wildman–Crippen LogP) is 1.74. The fraction of sp³-hybridized carbons (Fsp3) is 0.412. The highest BCUT2D eigenvalue weighted by molar-refractivity contribution is 5.84. The van der Waals surface area contributed by atoms with Gasteiger partial charge >= 0.3 is 5.97 Å². The third-order valence-electron chi connectivity index (χ3n) is 4.20. The number of aromatic nitrogens is 2. The van der Waals surface area contributed by atoms with E-state index in [1.54, 1.807) is 6.92 Å². The summed E-state index contributed by atoms with van der Waals surface area (Å²) in [6.07, 6.45) is 1.66. The van der Waals surface area contributed by atoms with Gasteiger partial charge in [-0.3, -0.25) is 4.79 Å². The fourth-order valence-electron chi connectivity index (χ4n) is 2.98. The van der Waals surface area contributed by atoms with Crippen LogP contribution in [0.2, 0.25) is 0 Å². The minimum Gasteiger partial charge on any atom is -0.480 e. The van der Waals surface area contributed by atoms with Gasteiger partial charge in [-0.05, 0) is 24.5 Å². The molecule has 7 heteroatoms. The van der Waals surface area contributed by atoms with Gasteiger partial charge in [0, 0.05) is 25.8 Å². The number of fused-ring (bicyclic) bond motifs is 1. The average molecular weight is 329 g/mol. The maximum Gasteiger partial charge on any atom is 0.326 e. The molecule has 0 bridgehead atoms. The highest BCUT2D eigenvalue weighted by atomic mass is 16.5. The lowest BCUT2D eigenvalue weighted by molar-refractivity contribution is -0.151. The van der Waals surface area contributed by atoms with Crippen molar-refractivity contribution >= 4 is 11.9 Å². The molecule has 3 rings (SSSR count). The number of rotatable bonds is 5. The van der Waals surface area contributed by atoms with Gasteiger partial charge in [0.25, 0.3) is 0 Å². The molecule has 1 amide bonds. The Labute approximate surface area is 139 Å². The number of amides is 1. The summed E-state index contributed by atoms with van der Waals surface area (Å²) in [6, 6.07) is 6.85. The lowest BCUT2D eigenvalue weighted by Gasteiger charge is -2.34. The Kier molecular flexibility index (Phi) is 4.59. The zero-order valence-corrected chi connectivity index (χ0v) is 13.4. The van der Waals surface area contributed by atoms with Crippen molar-refractivity contribution in [3.05, 3.63) is 47.1 Å². The molecule has 1 aliphatic rings. The van der Waals surface area contributed by atoms with E-state index in [2.05, 4.69) is 10.1 Å². The number of carboxylic acid groups (broad SMARTS) is 1. The molecule has 2 heterocycles. The number of carbonyl (C=O) groups excluding carboxylic acids is 1. The Morgan fingerprint density at radius 1 is 1.33 bits per heavy atom. The van der Waals surface area contributed by atoms with E-state index in [9.17, 15) is 14.7 Å². The second-order valence-corrected chi connectivity index (χ2v) is 5.94. The van der Waals surface area contributed by atoms with Crippen LogP contribution in [0.3, 0.4) is 0 Å². The van der Waals surface area contributed by atoms with Crippen molar-refractivity contribution in [1.29, 1.82) is 0 Å². The molecule has 1 N–H and O–H groups in total. The summed E-state index contributed by atoms with van der Waals surface area (Å²) in [7, 11) is 0. The van der Waals surface area contributed by atoms with Crippen LogP contribution in [0.5, 0.6) is 0 Å². The molecule has 126 valence electrons. The molecule has 1 aliphatic heterocycles. The molecule has 0 spiro atoms. The number of carboxylic acids is 1. The van der Waals surface area contributed by atoms with Gasteiger partial charge in [-0.2, -0.15) is 4.98 Å². The van der Waals surface area contributed by atoms with Gasteiger partial charge in [-0.1, -0.05) is 29.4 Å². The first kappa shape index (κ1) is 16.2. The predicted molar refractivity (Wildman–Crippen MR) is 84.1 cm³/mol. The van der Waals surface area contributed by atoms with Crippen molar-refractivity contribution in [2.24, 2.45) is 0 Å². The summed E-state index contributed by atoms with van der Waals surface area (Å²) in [5.41, 5.74) is 2.01. The third kappa shape index (κ3) is 3.45. The molecule has 1 aromatic carbocycles. The van der Waals surface area contributed by atoms with Crippen LogP contribution in [0.1, 0.15) is 35.7 Å². The zero-order chi connectivity index (χ0) is 17.1. The number of nitrogens with zero attached hydrogens (tertiary/aromatic N) is 3. The van der Waals surface area contributed by atoms with Crippen LogP contribution in [0.15, 0.2) is 28.8 Å². The van der Waals surface area contributed by atoms with E-state index < -0.39 is 12.0 Å². The van der Waals surface area contributed by atoms with Crippen LogP contribution in [0.25, 0.3) is 0 Å². The van der Waals surface area contributed by atoms with Gasteiger partial charge in [-0.25, -0.2) is 4.79 Å². The molecule has 24 heavy (non-hydrogen) atoms. The van der Waals surface area contributed by atoms with E-state index in [4.69, 9.17) is 4.52 Å². The van der Waals surface area contributed by atoms with Crippen molar-refractivity contribution in [3.63, 3.8) is 0 Å². The number of hydrogen-bond acceptors (Lipinski definition) is 5. The van der Waals surface area contributed by atoms with Gasteiger partial charge in [0.15, 0.2) is 5.82 Å². The zero-order valence-electron chi connectivity index (χ0n) is 13.4. The Balaban J connectivity index is 1.64. The Hall–Kier alpha value is -2.70. The van der Waals surface area contributed by atoms with Crippen molar-refractivity contribution in [1.82, 2.24) is 15.0 Å². The first-order chi connectivity index (χ1) is 11.5. The highest BCUT2D eigenvalue weighted by Gasteiger charge is 2.34. The van der Waals surface area contributed by atoms with Crippen LogP contribution in [0.4, 0.5) is 0 Å². The molecule has 0 saturated carbocycles. The first-order valence-electron chi connectivity index (χ1n) is 7.93. The van der Waals surface area contributed by atoms with E-state index in [1.807, 2.05) is 24.3 Å². The van der Waals surface area contributed by atoms with Crippen molar-refractivity contribution < 1.29 is 19.2 Å². The van der Waals surface area contributed by atoms with E-state index in [-0.39, 0.29) is 12.3 Å². The number of aliphatic carboxylic acids is 1. The van der Waals surface area contributed by atoms with E-state index in [0.29, 0.717) is 37.5 Å². The monoisotopic (exact) mass is 329 g/mol. The molecular weight excluding hydrogens is 310 g/mol. The third-order valence-corrected chi connectivity index (χ3v) is 4.20. The molecule has 2 aromatic rings. The van der Waals surface area contributed by atoms with E-state index >= 15 is 0 Å². The molecule has 1 atom stereocenters. The summed E-state index contributed by atoms with van der Waals surface area (Å²) in [6.45, 7) is 2.08. The average Bonchev–Trinajstić information content (AvgIpc) is 2.98. The maximum atomic E-state index is 12.5. The fourth-order valence-corrected chi connectivity index (χ4v) is 2.98. The van der Waals surface area contributed by atoms with Crippen LogP contribution in [0, 0.1) is 6.92 Å². The summed E-state index contributed by atoms with van der Waals surface area (Å²) in [5, 5.41) is 13.2. The van der Waals surface area contributed by atoms with E-state index in [0.717, 1.165) is 11.1 Å². The summed E-state index contributed by atoms with van der Waals surface area (Å²) >= 11 is 0. The maximum absolute atomic E-state index is 12.5. The summed E-state index contributed by atoms with van der Waals surface area (Å²) in [5.74, 6) is -0.0625. The van der Waals surface area contributed by atoms with E-state index in [1.165, 1.54) is 4.90 Å². The normalized spacial score (nSPS) is 16.7. The smallest absolute Gasteiger partial charge is 0.326 e. The molecular formula is C17H19N3O4. The second-order valence-electron chi connectivity index (χ2n) is 5.94. The molecule has 0 radical (unpaired) electrons. The molecule has 1 unspecified atom stereocenters. The minimum atomic E-state index is -0.967. The summed E-state index contributed by atoms with van der Waals surface area (Å²) < 4.78 is 5.02. The first-order valence-corrected chi connectivity index (χ1v) is 7.93. The van der Waals surface area contributed by atoms with Gasteiger partial charge in [0.1, 0.15) is 6.04 Å². The largest absolute Gasteiger partial charge is 0.480 e. The van der Waals surface area contributed by atoms with Gasteiger partial charge < -0.3 is 14.5 Å². The van der Waals surface area contributed by atoms with Crippen molar-refractivity contribution in [2.45, 2.75) is 45.2 Å². The topological polar surface area (TPSA) is 96.5 Å². The van der Waals surface area contributed by atoms with Crippen LogP contribution >= 0.6 is 0 Å². The van der Waals surface area contributed by atoms with Crippen molar-refractivity contribution in [3.8, 4) is 0 Å². The Morgan fingerprint density at radius 2 is 2.08 bits per heavy atom. The number of aryl methyl sites for hydroxylation is 2. The molecule has 1 aromatic heterocycles. The standard InChI is InChI=1S/C17H19N3O4/c1-11-18-15(24-19-11)7-4-8-16(21)20-10-13-6-3-2-5-12(13)9-14(20)17(22)23/h2-3,5-6,14H,4,7-10H2,1H3,(H,22,23). The lowest BCUT2D eigenvalue weighted by atomic mass is 9.93. The van der Waals surface area contributed by atoms with Crippen LogP contribution < -0.4 is 0 Å². The quantitative estimate of drug-likeness (QED) is 0.897. The van der Waals surface area contributed by atoms with Crippen molar-refractivity contribution in [2.75, 3.05) is 0 Å². The highest BCUT2D eigenvalue weighted by Crippen LogP contribution is 2.24. The van der Waals surface area contributed by atoms with Gasteiger partial charge in [0.2, 0.25) is 11.8 Å². The van der Waals surface area contributed by atoms with Gasteiger partial charge in [0.05, 0.1) is 0 Å². The number of carbonyl (C=O) groups is 2. The Bertz CT molecular complexity index is 756. The second kappa shape index (κ2) is 6.82. The van der Waals surface area contributed by atoms with Crippen LogP contribution in [-0.2, 0) is 29.0 Å². The molecule has 0 aliphatic carbocycles. The Morgan fingerprint density at radius 3 is 2.75 bits per heavy atom. The number of benzene rings is 1. The number of hydrogen-bond donors (Lipinski definition) is 1. The van der Waals surface area contributed by atoms with Gasteiger partial charge in [-0.15, -0.1) is 0 Å². The molecule has 0 fully saturated rings.